The van der Waals surface area contributed by atoms with Crippen LogP contribution in [-0.4, -0.2) is 42.1 Å². The summed E-state index contributed by atoms with van der Waals surface area (Å²) in [7, 11) is 0. The van der Waals surface area contributed by atoms with Gasteiger partial charge in [0.1, 0.15) is 12.4 Å². The second kappa shape index (κ2) is 9.53. The predicted octanol–water partition coefficient (Wildman–Crippen LogP) is 1.39. The number of ether oxygens (including phenoxy) is 1. The van der Waals surface area contributed by atoms with E-state index in [0.29, 0.717) is 19.7 Å². The van der Waals surface area contributed by atoms with Crippen LogP contribution in [-0.2, 0) is 13.0 Å². The van der Waals surface area contributed by atoms with E-state index in [1.165, 1.54) is 11.1 Å². The summed E-state index contributed by atoms with van der Waals surface area (Å²) in [6.45, 7) is 3.19. The van der Waals surface area contributed by atoms with Gasteiger partial charge in [0.2, 0.25) is 0 Å². The molecule has 0 unspecified atom stereocenters. The lowest BCUT2D eigenvalue weighted by Gasteiger charge is -2.24. The van der Waals surface area contributed by atoms with Crippen LogP contribution in [0.15, 0.2) is 48.5 Å². The molecule has 0 aromatic heterocycles. The van der Waals surface area contributed by atoms with Crippen molar-refractivity contribution in [1.29, 1.82) is 0 Å². The Kier molecular flexibility index (Phi) is 7.40. The van der Waals surface area contributed by atoms with Crippen LogP contribution in [0, 0.1) is 6.92 Å². The van der Waals surface area contributed by atoms with E-state index in [2.05, 4.69) is 24.4 Å². The van der Waals surface area contributed by atoms with Crippen LogP contribution >= 0.6 is 0 Å². The van der Waals surface area contributed by atoms with Gasteiger partial charge in [-0.1, -0.05) is 36.4 Å². The minimum absolute atomic E-state index is 0.252. The molecule has 2 aromatic carbocycles. The minimum atomic E-state index is -0.977. The van der Waals surface area contributed by atoms with Crippen molar-refractivity contribution in [1.82, 2.24) is 5.32 Å². The zero-order valence-electron chi connectivity index (χ0n) is 14.7. The monoisotopic (exact) mass is 344 g/mol. The predicted molar refractivity (Wildman–Crippen MR) is 99.6 cm³/mol. The molecule has 0 atom stereocenters. The van der Waals surface area contributed by atoms with Crippen LogP contribution < -0.4 is 15.8 Å². The van der Waals surface area contributed by atoms with E-state index in [1.54, 1.807) is 0 Å². The Labute approximate surface area is 149 Å². The first-order chi connectivity index (χ1) is 12.1. The number of aryl methyl sites for hydroxylation is 1. The number of rotatable bonds is 10. The van der Waals surface area contributed by atoms with Crippen LogP contribution in [0.4, 0.5) is 0 Å². The van der Waals surface area contributed by atoms with Gasteiger partial charge in [-0.05, 0) is 48.7 Å². The normalized spacial score (nSPS) is 11.5. The molecule has 2 rings (SSSR count). The topological polar surface area (TPSA) is 87.7 Å². The van der Waals surface area contributed by atoms with Crippen LogP contribution in [0.5, 0.6) is 5.75 Å². The molecule has 0 aliphatic carbocycles. The Morgan fingerprint density at radius 1 is 1.08 bits per heavy atom. The van der Waals surface area contributed by atoms with Crippen molar-refractivity contribution in [3.63, 3.8) is 0 Å². The molecule has 0 bridgehead atoms. The molecule has 0 saturated carbocycles. The van der Waals surface area contributed by atoms with Gasteiger partial charge in [0.15, 0.2) is 0 Å². The van der Waals surface area contributed by atoms with Crippen molar-refractivity contribution < 1.29 is 14.9 Å². The van der Waals surface area contributed by atoms with Gasteiger partial charge < -0.3 is 26.0 Å². The standard InChI is InChI=1S/C20H28N2O3/c1-16-7-8-19(25-12-17-5-3-2-4-6-17)11-18(16)9-10-22-13-20(21,14-23)15-24/h2-8,11,22-24H,9-10,12-15,21H2,1H3. The summed E-state index contributed by atoms with van der Waals surface area (Å²) in [5.74, 6) is 0.850. The lowest BCUT2D eigenvalue weighted by molar-refractivity contribution is 0.120. The summed E-state index contributed by atoms with van der Waals surface area (Å²) >= 11 is 0. The average molecular weight is 344 g/mol. The zero-order chi connectivity index (χ0) is 18.1. The molecule has 136 valence electrons. The van der Waals surface area contributed by atoms with Crippen molar-refractivity contribution in [2.45, 2.75) is 25.5 Å². The van der Waals surface area contributed by atoms with Crippen molar-refractivity contribution in [2.75, 3.05) is 26.3 Å². The maximum absolute atomic E-state index is 9.19. The van der Waals surface area contributed by atoms with Crippen molar-refractivity contribution in [3.05, 3.63) is 65.2 Å². The van der Waals surface area contributed by atoms with E-state index in [9.17, 15) is 10.2 Å². The van der Waals surface area contributed by atoms with Gasteiger partial charge in [0.25, 0.3) is 0 Å². The zero-order valence-corrected chi connectivity index (χ0v) is 14.7. The number of nitrogens with two attached hydrogens (primary N) is 1. The Bertz CT molecular complexity index is 643. The molecule has 5 heteroatoms. The van der Waals surface area contributed by atoms with Crippen LogP contribution in [0.3, 0.4) is 0 Å². The lowest BCUT2D eigenvalue weighted by Crippen LogP contribution is -2.55. The molecule has 0 spiro atoms. The Morgan fingerprint density at radius 2 is 1.80 bits per heavy atom. The fourth-order valence-electron chi connectivity index (χ4n) is 2.47. The molecule has 0 fully saturated rings. The molecule has 25 heavy (non-hydrogen) atoms. The van der Waals surface area contributed by atoms with Crippen LogP contribution in [0.1, 0.15) is 16.7 Å². The maximum atomic E-state index is 9.19. The third-order valence-electron chi connectivity index (χ3n) is 4.25. The molecule has 5 N–H and O–H groups in total. The Hall–Kier alpha value is -1.92. The summed E-state index contributed by atoms with van der Waals surface area (Å²) in [5.41, 5.74) is 8.41. The average Bonchev–Trinajstić information content (AvgIpc) is 2.66. The summed E-state index contributed by atoms with van der Waals surface area (Å²) < 4.78 is 5.88. The van der Waals surface area contributed by atoms with Crippen LogP contribution in [0.25, 0.3) is 0 Å². The quantitative estimate of drug-likeness (QED) is 0.489. The highest BCUT2D eigenvalue weighted by Crippen LogP contribution is 2.19. The SMILES string of the molecule is Cc1ccc(OCc2ccccc2)cc1CCNCC(N)(CO)CO. The van der Waals surface area contributed by atoms with Crippen molar-refractivity contribution in [2.24, 2.45) is 5.73 Å². The summed E-state index contributed by atoms with van der Waals surface area (Å²) in [6, 6.07) is 16.2. The smallest absolute Gasteiger partial charge is 0.120 e. The van der Waals surface area contributed by atoms with Gasteiger partial charge in [-0.3, -0.25) is 0 Å². The molecular weight excluding hydrogens is 316 g/mol. The van der Waals surface area contributed by atoms with Gasteiger partial charge in [-0.15, -0.1) is 0 Å². The first-order valence-corrected chi connectivity index (χ1v) is 8.54. The first kappa shape index (κ1) is 19.4. The fourth-order valence-corrected chi connectivity index (χ4v) is 2.47. The highest BCUT2D eigenvalue weighted by Gasteiger charge is 2.22. The third kappa shape index (κ3) is 6.14. The highest BCUT2D eigenvalue weighted by atomic mass is 16.5. The van der Waals surface area contributed by atoms with E-state index in [0.717, 1.165) is 17.7 Å². The van der Waals surface area contributed by atoms with Crippen molar-refractivity contribution in [3.8, 4) is 5.75 Å². The van der Waals surface area contributed by atoms with E-state index in [1.807, 2.05) is 36.4 Å². The molecule has 5 nitrogen and oxygen atoms in total. The van der Waals surface area contributed by atoms with Gasteiger partial charge in [0.05, 0.1) is 18.8 Å². The molecule has 0 amide bonds. The maximum Gasteiger partial charge on any atom is 0.120 e. The molecule has 0 heterocycles. The summed E-state index contributed by atoms with van der Waals surface area (Å²) in [4.78, 5) is 0. The number of nitrogens with one attached hydrogen (secondary N) is 1. The molecule has 0 saturated heterocycles. The fraction of sp³-hybridized carbons (Fsp3) is 0.400. The summed E-state index contributed by atoms with van der Waals surface area (Å²) in [5, 5.41) is 21.6. The van der Waals surface area contributed by atoms with E-state index >= 15 is 0 Å². The number of aliphatic hydroxyl groups is 2. The first-order valence-electron chi connectivity index (χ1n) is 8.54. The third-order valence-corrected chi connectivity index (χ3v) is 4.25. The second-order valence-corrected chi connectivity index (χ2v) is 6.47. The van der Waals surface area contributed by atoms with Gasteiger partial charge in [-0.25, -0.2) is 0 Å². The van der Waals surface area contributed by atoms with Crippen molar-refractivity contribution >= 4 is 0 Å². The number of aliphatic hydroxyl groups excluding tert-OH is 2. The van der Waals surface area contributed by atoms with Crippen LogP contribution in [0.2, 0.25) is 0 Å². The van der Waals surface area contributed by atoms with Gasteiger partial charge in [0, 0.05) is 6.54 Å². The van der Waals surface area contributed by atoms with E-state index in [-0.39, 0.29) is 13.2 Å². The van der Waals surface area contributed by atoms with Gasteiger partial charge >= 0.3 is 0 Å². The second-order valence-electron chi connectivity index (χ2n) is 6.47. The highest BCUT2D eigenvalue weighted by molar-refractivity contribution is 5.35. The lowest BCUT2D eigenvalue weighted by atomic mass is 10.0. The molecule has 2 aromatic rings. The Morgan fingerprint density at radius 3 is 2.48 bits per heavy atom. The largest absolute Gasteiger partial charge is 0.489 e. The molecule has 0 radical (unpaired) electrons. The number of hydrogen-bond donors (Lipinski definition) is 4. The summed E-state index contributed by atoms with van der Waals surface area (Å²) in [6.07, 6.45) is 0.821. The Balaban J connectivity index is 1.86. The number of hydrogen-bond acceptors (Lipinski definition) is 5. The van der Waals surface area contributed by atoms with E-state index < -0.39 is 5.54 Å². The molecule has 0 aliphatic heterocycles. The molecular formula is C20H28N2O3. The number of benzene rings is 2. The minimum Gasteiger partial charge on any atom is -0.489 e. The molecule has 0 aliphatic rings. The van der Waals surface area contributed by atoms with Gasteiger partial charge in [-0.2, -0.15) is 0 Å². The van der Waals surface area contributed by atoms with E-state index in [4.69, 9.17) is 10.5 Å².